The summed E-state index contributed by atoms with van der Waals surface area (Å²) in [5.41, 5.74) is 3.97. The first-order valence-electron chi connectivity index (χ1n) is 6.88. The Kier molecular flexibility index (Phi) is 3.89. The van der Waals surface area contributed by atoms with Crippen LogP contribution in [0.2, 0.25) is 0 Å². The summed E-state index contributed by atoms with van der Waals surface area (Å²) in [6.07, 6.45) is 3.80. The third kappa shape index (κ3) is 2.59. The molecule has 0 radical (unpaired) electrons. The number of carbonyl (C=O) groups excluding carboxylic acids is 1. The van der Waals surface area contributed by atoms with Crippen molar-refractivity contribution >= 4 is 28.8 Å². The zero-order chi connectivity index (χ0) is 15.7. The van der Waals surface area contributed by atoms with Gasteiger partial charge in [-0.05, 0) is 24.0 Å². The Morgan fingerprint density at radius 3 is 2.95 bits per heavy atom. The molecule has 2 aromatic heterocycles. The first-order chi connectivity index (χ1) is 10.6. The molecule has 3 rings (SSSR count). The van der Waals surface area contributed by atoms with Crippen LogP contribution in [0.4, 0.5) is 0 Å². The third-order valence-corrected chi connectivity index (χ3v) is 4.02. The smallest absolute Gasteiger partial charge is 0.217 e. The standard InChI is InChI=1S/C15H17N5OS/c1-10(21)16-8-11-5-4-6-12(7-11)20-14-13(19(20)2)9-17-15(18-14)22-3/h4-7,9H,8H2,1-3H3,(H,16,21). The number of aryl methyl sites for hydroxylation is 1. The van der Waals surface area contributed by atoms with Crippen LogP contribution in [0.5, 0.6) is 0 Å². The van der Waals surface area contributed by atoms with E-state index in [9.17, 15) is 4.79 Å². The van der Waals surface area contributed by atoms with Gasteiger partial charge in [0, 0.05) is 20.5 Å². The first kappa shape index (κ1) is 14.6. The molecule has 0 atom stereocenters. The number of amides is 1. The molecule has 7 heteroatoms. The van der Waals surface area contributed by atoms with Crippen LogP contribution in [-0.2, 0) is 18.4 Å². The van der Waals surface area contributed by atoms with E-state index in [0.717, 1.165) is 27.6 Å². The minimum atomic E-state index is -0.0332. The fourth-order valence-electron chi connectivity index (χ4n) is 2.36. The molecular weight excluding hydrogens is 298 g/mol. The van der Waals surface area contributed by atoms with Gasteiger partial charge in [-0.25, -0.2) is 14.6 Å². The molecule has 1 N–H and O–H groups in total. The van der Waals surface area contributed by atoms with Gasteiger partial charge in [-0.3, -0.25) is 9.48 Å². The lowest BCUT2D eigenvalue weighted by atomic mass is 10.2. The quantitative estimate of drug-likeness (QED) is 0.591. The maximum absolute atomic E-state index is 11.0. The summed E-state index contributed by atoms with van der Waals surface area (Å²) in [6, 6.07) is 8.05. The summed E-state index contributed by atoms with van der Waals surface area (Å²) >= 11 is 1.52. The number of thioether (sulfide) groups is 1. The molecule has 2 heterocycles. The number of benzene rings is 1. The first-order valence-corrected chi connectivity index (χ1v) is 8.11. The van der Waals surface area contributed by atoms with Crippen LogP contribution < -0.4 is 5.32 Å². The Hall–Kier alpha value is -2.28. The van der Waals surface area contributed by atoms with Gasteiger partial charge in [0.15, 0.2) is 10.8 Å². The number of rotatable bonds is 4. The second-order valence-corrected chi connectivity index (χ2v) is 5.75. The molecule has 0 fully saturated rings. The van der Waals surface area contributed by atoms with Crippen molar-refractivity contribution in [1.82, 2.24) is 24.6 Å². The lowest BCUT2D eigenvalue weighted by molar-refractivity contribution is -0.119. The Morgan fingerprint density at radius 1 is 1.41 bits per heavy atom. The van der Waals surface area contributed by atoms with E-state index in [1.807, 2.05) is 47.1 Å². The maximum atomic E-state index is 11.0. The maximum Gasteiger partial charge on any atom is 0.217 e. The van der Waals surface area contributed by atoms with Crippen LogP contribution >= 0.6 is 11.8 Å². The van der Waals surface area contributed by atoms with Crippen molar-refractivity contribution in [2.75, 3.05) is 6.26 Å². The number of aromatic nitrogens is 4. The predicted octanol–water partition coefficient (Wildman–Crippen LogP) is 2.12. The van der Waals surface area contributed by atoms with E-state index >= 15 is 0 Å². The van der Waals surface area contributed by atoms with E-state index in [1.165, 1.54) is 18.7 Å². The molecule has 0 aliphatic rings. The number of nitrogens with zero attached hydrogens (tertiary/aromatic N) is 4. The number of hydrogen-bond donors (Lipinski definition) is 1. The molecule has 0 bridgehead atoms. The lowest BCUT2D eigenvalue weighted by Crippen LogP contribution is -2.22. The fourth-order valence-corrected chi connectivity index (χ4v) is 2.69. The van der Waals surface area contributed by atoms with Crippen LogP contribution in [-0.4, -0.2) is 31.5 Å². The minimum absolute atomic E-state index is 0.0332. The molecule has 1 amide bonds. The van der Waals surface area contributed by atoms with E-state index in [0.29, 0.717) is 6.54 Å². The number of nitrogens with one attached hydrogen (secondary N) is 1. The molecule has 0 unspecified atom stereocenters. The average Bonchev–Trinajstić information content (AvgIpc) is 2.52. The van der Waals surface area contributed by atoms with Crippen molar-refractivity contribution in [2.45, 2.75) is 18.6 Å². The van der Waals surface area contributed by atoms with Crippen molar-refractivity contribution in [2.24, 2.45) is 7.05 Å². The van der Waals surface area contributed by atoms with Gasteiger partial charge in [0.25, 0.3) is 0 Å². The van der Waals surface area contributed by atoms with E-state index in [1.54, 1.807) is 0 Å². The van der Waals surface area contributed by atoms with Crippen LogP contribution in [0, 0.1) is 0 Å². The number of carbonyl (C=O) groups is 1. The summed E-state index contributed by atoms with van der Waals surface area (Å²) in [5, 5.41) is 3.57. The highest BCUT2D eigenvalue weighted by Gasteiger charge is 2.15. The van der Waals surface area contributed by atoms with Gasteiger partial charge in [-0.2, -0.15) is 0 Å². The Labute approximate surface area is 132 Å². The minimum Gasteiger partial charge on any atom is -0.352 e. The molecular formula is C15H17N5OS. The van der Waals surface area contributed by atoms with Gasteiger partial charge >= 0.3 is 0 Å². The Morgan fingerprint density at radius 2 is 2.23 bits per heavy atom. The number of hydrogen-bond acceptors (Lipinski definition) is 4. The fraction of sp³-hybridized carbons (Fsp3) is 0.267. The third-order valence-electron chi connectivity index (χ3n) is 3.46. The van der Waals surface area contributed by atoms with Gasteiger partial charge in [-0.15, -0.1) is 0 Å². The van der Waals surface area contributed by atoms with Crippen molar-refractivity contribution < 1.29 is 4.79 Å². The second kappa shape index (κ2) is 5.84. The van der Waals surface area contributed by atoms with Crippen molar-refractivity contribution in [1.29, 1.82) is 0 Å². The molecule has 22 heavy (non-hydrogen) atoms. The van der Waals surface area contributed by atoms with E-state index in [4.69, 9.17) is 0 Å². The van der Waals surface area contributed by atoms with Crippen LogP contribution in [0.15, 0.2) is 35.6 Å². The summed E-state index contributed by atoms with van der Waals surface area (Å²) < 4.78 is 4.05. The van der Waals surface area contributed by atoms with E-state index in [2.05, 4.69) is 21.4 Å². The Balaban J connectivity index is 1.98. The lowest BCUT2D eigenvalue weighted by Gasteiger charge is -2.23. The van der Waals surface area contributed by atoms with Crippen molar-refractivity contribution in [3.05, 3.63) is 36.0 Å². The summed E-state index contributed by atoms with van der Waals surface area (Å²) in [7, 11) is 1.98. The van der Waals surface area contributed by atoms with Gasteiger partial charge in [0.05, 0.1) is 11.9 Å². The van der Waals surface area contributed by atoms with Gasteiger partial charge in [0.2, 0.25) is 5.91 Å². The zero-order valence-electron chi connectivity index (χ0n) is 12.7. The molecule has 0 saturated carbocycles. The van der Waals surface area contributed by atoms with Gasteiger partial charge < -0.3 is 5.32 Å². The predicted molar refractivity (Wildman–Crippen MR) is 87.1 cm³/mol. The highest BCUT2D eigenvalue weighted by Crippen LogP contribution is 2.23. The van der Waals surface area contributed by atoms with Crippen molar-refractivity contribution in [3.63, 3.8) is 0 Å². The average molecular weight is 315 g/mol. The number of fused-ring (bicyclic) bond motifs is 1. The van der Waals surface area contributed by atoms with Gasteiger partial charge in [0.1, 0.15) is 5.52 Å². The SMILES string of the molecule is CSc1ncc2c(n1)n(-c1cccc(CNC(C)=O)c1)n2C. The van der Waals surface area contributed by atoms with E-state index in [-0.39, 0.29) is 5.91 Å². The molecule has 114 valence electrons. The molecule has 6 nitrogen and oxygen atoms in total. The topological polar surface area (TPSA) is 64.7 Å². The molecule has 1 aromatic carbocycles. The molecule has 0 aliphatic heterocycles. The highest BCUT2D eigenvalue weighted by atomic mass is 32.2. The van der Waals surface area contributed by atoms with Gasteiger partial charge in [-0.1, -0.05) is 23.9 Å². The zero-order valence-corrected chi connectivity index (χ0v) is 13.5. The summed E-state index contributed by atoms with van der Waals surface area (Å²) in [5.74, 6) is -0.0332. The molecule has 3 aromatic rings. The summed E-state index contributed by atoms with van der Waals surface area (Å²) in [6.45, 7) is 2.04. The molecule has 0 saturated heterocycles. The second-order valence-electron chi connectivity index (χ2n) is 4.98. The van der Waals surface area contributed by atoms with Crippen LogP contribution in [0.25, 0.3) is 16.9 Å². The van der Waals surface area contributed by atoms with E-state index < -0.39 is 0 Å². The summed E-state index contributed by atoms with van der Waals surface area (Å²) in [4.78, 5) is 19.9. The Bertz CT molecular complexity index is 836. The highest BCUT2D eigenvalue weighted by molar-refractivity contribution is 7.98. The normalized spacial score (nSPS) is 11.0. The molecule has 0 spiro atoms. The van der Waals surface area contributed by atoms with Crippen molar-refractivity contribution in [3.8, 4) is 5.69 Å². The monoisotopic (exact) mass is 315 g/mol. The largest absolute Gasteiger partial charge is 0.352 e. The molecule has 0 aliphatic carbocycles. The van der Waals surface area contributed by atoms with Crippen LogP contribution in [0.1, 0.15) is 12.5 Å². The van der Waals surface area contributed by atoms with Crippen LogP contribution in [0.3, 0.4) is 0 Å².